The van der Waals surface area contributed by atoms with Crippen molar-refractivity contribution in [3.8, 4) is 5.75 Å². The minimum atomic E-state index is -0.646. The van der Waals surface area contributed by atoms with Gasteiger partial charge < -0.3 is 19.5 Å². The average molecular weight is 497 g/mol. The summed E-state index contributed by atoms with van der Waals surface area (Å²) in [5.74, 6) is 1.43. The van der Waals surface area contributed by atoms with Crippen LogP contribution in [0.2, 0.25) is 0 Å². The molecule has 7 nitrogen and oxygen atoms in total. The Morgan fingerprint density at radius 3 is 2.46 bits per heavy atom. The van der Waals surface area contributed by atoms with Crippen molar-refractivity contribution in [2.24, 2.45) is 0 Å². The zero-order valence-electron chi connectivity index (χ0n) is 21.3. The van der Waals surface area contributed by atoms with Crippen LogP contribution in [-0.4, -0.2) is 39.4 Å². The number of hydrogen-bond donors (Lipinski definition) is 1. The van der Waals surface area contributed by atoms with Crippen molar-refractivity contribution in [3.63, 3.8) is 0 Å². The van der Waals surface area contributed by atoms with E-state index in [1.807, 2.05) is 102 Å². The third-order valence-corrected chi connectivity index (χ3v) is 6.89. The minimum absolute atomic E-state index is 0.0614. The second-order valence-corrected chi connectivity index (χ2v) is 9.35. The number of carbonyl (C=O) groups is 2. The summed E-state index contributed by atoms with van der Waals surface area (Å²) >= 11 is 0. The summed E-state index contributed by atoms with van der Waals surface area (Å²) in [6.07, 6.45) is 0.765. The van der Waals surface area contributed by atoms with Gasteiger partial charge in [0.1, 0.15) is 17.6 Å². The number of nitrogens with one attached hydrogen (secondary N) is 1. The quantitative estimate of drug-likeness (QED) is 0.360. The van der Waals surface area contributed by atoms with E-state index in [1.165, 1.54) is 0 Å². The van der Waals surface area contributed by atoms with Gasteiger partial charge in [-0.3, -0.25) is 9.59 Å². The Morgan fingerprint density at radius 1 is 0.973 bits per heavy atom. The van der Waals surface area contributed by atoms with E-state index < -0.39 is 6.04 Å². The maximum absolute atomic E-state index is 13.8. The van der Waals surface area contributed by atoms with Gasteiger partial charge in [0, 0.05) is 13.1 Å². The number of fused-ring (bicyclic) bond motifs is 3. The van der Waals surface area contributed by atoms with Crippen LogP contribution in [0.5, 0.6) is 5.75 Å². The minimum Gasteiger partial charge on any atom is -0.494 e. The van der Waals surface area contributed by atoms with Crippen molar-refractivity contribution in [1.82, 2.24) is 19.8 Å². The Labute approximate surface area is 217 Å². The monoisotopic (exact) mass is 496 g/mol. The number of ether oxygens (including phenoxy) is 1. The van der Waals surface area contributed by atoms with Gasteiger partial charge in [-0.05, 0) is 55.7 Å². The number of para-hydroxylation sites is 2. The Bertz CT molecular complexity index is 1380. The molecule has 0 radical (unpaired) electrons. The fourth-order valence-corrected chi connectivity index (χ4v) is 5.00. The molecule has 0 fully saturated rings. The number of aromatic nitrogens is 2. The summed E-state index contributed by atoms with van der Waals surface area (Å²) in [5, 5.41) is 3.01. The highest BCUT2D eigenvalue weighted by Crippen LogP contribution is 2.37. The maximum atomic E-state index is 13.8. The van der Waals surface area contributed by atoms with Gasteiger partial charge in [-0.2, -0.15) is 0 Å². The summed E-state index contributed by atoms with van der Waals surface area (Å²) in [7, 11) is 0. The van der Waals surface area contributed by atoms with Gasteiger partial charge in [-0.25, -0.2) is 4.98 Å². The molecule has 3 aromatic carbocycles. The van der Waals surface area contributed by atoms with Crippen LogP contribution < -0.4 is 10.1 Å². The molecule has 0 aliphatic carbocycles. The lowest BCUT2D eigenvalue weighted by molar-refractivity contribution is -0.142. The molecule has 2 heterocycles. The second-order valence-electron chi connectivity index (χ2n) is 9.35. The number of imidazole rings is 1. The highest BCUT2D eigenvalue weighted by atomic mass is 16.5. The smallest absolute Gasteiger partial charge is 0.247 e. The molecule has 0 bridgehead atoms. The summed E-state index contributed by atoms with van der Waals surface area (Å²) in [6.45, 7) is 5.56. The topological polar surface area (TPSA) is 76.5 Å². The van der Waals surface area contributed by atoms with E-state index >= 15 is 0 Å². The van der Waals surface area contributed by atoms with E-state index in [1.54, 1.807) is 0 Å². The first-order valence-corrected chi connectivity index (χ1v) is 12.8. The Hall–Kier alpha value is -4.13. The van der Waals surface area contributed by atoms with E-state index in [9.17, 15) is 9.59 Å². The molecule has 0 saturated heterocycles. The summed E-state index contributed by atoms with van der Waals surface area (Å²) in [6, 6.07) is 24.8. The summed E-state index contributed by atoms with van der Waals surface area (Å²) in [4.78, 5) is 33.6. The van der Waals surface area contributed by atoms with Gasteiger partial charge in [0.05, 0.1) is 30.1 Å². The average Bonchev–Trinajstić information content (AvgIpc) is 3.31. The van der Waals surface area contributed by atoms with Crippen LogP contribution in [0.3, 0.4) is 0 Å². The van der Waals surface area contributed by atoms with E-state index in [4.69, 9.17) is 9.72 Å². The number of nitrogens with zero attached hydrogens (tertiary/aromatic N) is 3. The second kappa shape index (κ2) is 10.9. The SMILES string of the molecule is CCOc1ccc(CCNC(=O)CC2C(=O)N(Cc3ccccc3)C(C)c3nc4ccccc4n32)cc1. The molecule has 2 amide bonds. The number of hydrogen-bond acceptors (Lipinski definition) is 4. The van der Waals surface area contributed by atoms with Crippen LogP contribution in [0.4, 0.5) is 0 Å². The largest absolute Gasteiger partial charge is 0.494 e. The van der Waals surface area contributed by atoms with E-state index in [2.05, 4.69) is 5.32 Å². The van der Waals surface area contributed by atoms with Crippen molar-refractivity contribution < 1.29 is 14.3 Å². The third-order valence-electron chi connectivity index (χ3n) is 6.89. The molecule has 2 atom stereocenters. The lowest BCUT2D eigenvalue weighted by Crippen LogP contribution is -2.46. The standard InChI is InChI=1S/C30H32N4O3/c1-3-37-24-15-13-22(14-16-24)17-18-31-28(35)19-27-30(36)33(20-23-9-5-4-6-10-23)21(2)29-32-25-11-7-8-12-26(25)34(27)29/h4-16,21,27H,3,17-20H2,1-2H3,(H,31,35). The predicted octanol–water partition coefficient (Wildman–Crippen LogP) is 4.83. The van der Waals surface area contributed by atoms with Gasteiger partial charge in [-0.1, -0.05) is 54.6 Å². The zero-order valence-corrected chi connectivity index (χ0v) is 21.3. The fourth-order valence-electron chi connectivity index (χ4n) is 5.00. The van der Waals surface area contributed by atoms with Crippen molar-refractivity contribution in [2.75, 3.05) is 13.2 Å². The summed E-state index contributed by atoms with van der Waals surface area (Å²) < 4.78 is 7.46. The molecule has 1 aromatic heterocycles. The van der Waals surface area contributed by atoms with Gasteiger partial charge in [-0.15, -0.1) is 0 Å². The van der Waals surface area contributed by atoms with Crippen LogP contribution in [0.1, 0.15) is 49.3 Å². The molecule has 0 saturated carbocycles. The molecule has 2 unspecified atom stereocenters. The van der Waals surface area contributed by atoms with Gasteiger partial charge >= 0.3 is 0 Å². The molecule has 5 rings (SSSR count). The molecular weight excluding hydrogens is 464 g/mol. The normalized spacial score (nSPS) is 17.0. The number of benzene rings is 3. The lowest BCUT2D eigenvalue weighted by atomic mass is 10.0. The molecule has 7 heteroatoms. The molecule has 0 spiro atoms. The number of amides is 2. The van der Waals surface area contributed by atoms with Gasteiger partial charge in [0.2, 0.25) is 11.8 Å². The highest BCUT2D eigenvalue weighted by Gasteiger charge is 2.40. The van der Waals surface area contributed by atoms with Crippen molar-refractivity contribution in [1.29, 1.82) is 0 Å². The van der Waals surface area contributed by atoms with E-state index in [0.717, 1.165) is 33.7 Å². The molecular formula is C30H32N4O3. The predicted molar refractivity (Wildman–Crippen MR) is 143 cm³/mol. The lowest BCUT2D eigenvalue weighted by Gasteiger charge is -2.38. The molecule has 1 N–H and O–H groups in total. The fraction of sp³-hybridized carbons (Fsp3) is 0.300. The van der Waals surface area contributed by atoms with Crippen molar-refractivity contribution in [3.05, 3.63) is 95.8 Å². The highest BCUT2D eigenvalue weighted by molar-refractivity contribution is 5.90. The van der Waals surface area contributed by atoms with Crippen LogP contribution in [0, 0.1) is 0 Å². The molecule has 1 aliphatic heterocycles. The van der Waals surface area contributed by atoms with Crippen LogP contribution in [0.25, 0.3) is 11.0 Å². The Kier molecular flexibility index (Phi) is 7.21. The third kappa shape index (κ3) is 5.21. The number of rotatable bonds is 9. The molecule has 37 heavy (non-hydrogen) atoms. The zero-order chi connectivity index (χ0) is 25.8. The Balaban J connectivity index is 1.33. The van der Waals surface area contributed by atoms with Crippen LogP contribution in [0.15, 0.2) is 78.9 Å². The molecule has 1 aliphatic rings. The van der Waals surface area contributed by atoms with Gasteiger partial charge in [0.15, 0.2) is 0 Å². The van der Waals surface area contributed by atoms with E-state index in [-0.39, 0.29) is 24.3 Å². The van der Waals surface area contributed by atoms with E-state index in [0.29, 0.717) is 26.1 Å². The maximum Gasteiger partial charge on any atom is 0.247 e. The molecule has 190 valence electrons. The molecule has 4 aromatic rings. The summed E-state index contributed by atoms with van der Waals surface area (Å²) in [5.41, 5.74) is 3.87. The Morgan fingerprint density at radius 2 is 1.70 bits per heavy atom. The first-order chi connectivity index (χ1) is 18.0. The van der Waals surface area contributed by atoms with Crippen molar-refractivity contribution in [2.45, 2.75) is 45.3 Å². The van der Waals surface area contributed by atoms with Gasteiger partial charge in [0.25, 0.3) is 0 Å². The first kappa shape index (κ1) is 24.6. The first-order valence-electron chi connectivity index (χ1n) is 12.8. The van der Waals surface area contributed by atoms with Crippen LogP contribution >= 0.6 is 0 Å². The van der Waals surface area contributed by atoms with Crippen molar-refractivity contribution >= 4 is 22.8 Å². The van der Waals surface area contributed by atoms with Crippen LogP contribution in [-0.2, 0) is 22.6 Å². The number of carbonyl (C=O) groups excluding carboxylic acids is 2.